The highest BCUT2D eigenvalue weighted by Gasteiger charge is 2.26. The number of aromatic nitrogens is 2. The Morgan fingerprint density at radius 1 is 1.24 bits per heavy atom. The Bertz CT molecular complexity index is 1580. The number of halogens is 3. The maximum Gasteiger partial charge on any atom is 0.326 e. The lowest BCUT2D eigenvalue weighted by Crippen LogP contribution is -2.34. The Balaban J connectivity index is 1.39. The second-order valence-electron chi connectivity index (χ2n) is 8.81. The molecule has 0 fully saturated rings. The molecular weight excluding hydrogens is 557 g/mol. The van der Waals surface area contributed by atoms with E-state index >= 15 is 0 Å². The Hall–Kier alpha value is -3.51. The summed E-state index contributed by atoms with van der Waals surface area (Å²) < 4.78 is 16.2. The fourth-order valence-corrected chi connectivity index (χ4v) is 5.16. The zero-order chi connectivity index (χ0) is 25.9. The molecule has 6 nitrogen and oxygen atoms in total. The molecule has 0 bridgehead atoms. The molecule has 1 N–H and O–H groups in total. The van der Waals surface area contributed by atoms with Gasteiger partial charge in [0.1, 0.15) is 10.4 Å². The molecule has 37 heavy (non-hydrogen) atoms. The Morgan fingerprint density at radius 2 is 2.11 bits per heavy atom. The van der Waals surface area contributed by atoms with Crippen molar-refractivity contribution in [1.82, 2.24) is 19.8 Å². The van der Waals surface area contributed by atoms with E-state index < -0.39 is 5.82 Å². The van der Waals surface area contributed by atoms with Gasteiger partial charge in [-0.2, -0.15) is 5.26 Å². The minimum absolute atomic E-state index is 0.103. The molecule has 0 saturated heterocycles. The average molecular weight is 579 g/mol. The Labute approximate surface area is 227 Å². The molecule has 0 atom stereocenters. The molecule has 186 valence electrons. The van der Waals surface area contributed by atoms with Crippen LogP contribution in [-0.2, 0) is 19.5 Å². The predicted molar refractivity (Wildman–Crippen MR) is 146 cm³/mol. The third-order valence-electron chi connectivity index (χ3n) is 6.41. The first-order chi connectivity index (χ1) is 17.9. The molecule has 0 radical (unpaired) electrons. The smallest absolute Gasteiger partial charge is 0.326 e. The standard InChI is InChI=1S/C28H22BrClFN5O/c29-27-14-20(7-9-33-27)16-34-28(37)36-25-6-4-19(15-32)12-21(25)22-17-35(11-8-26(22)36)10-1-2-18-3-5-23(30)24(31)13-18/h1-7,9,12-14H,8,10-11,16-17H2,(H,34,37). The van der Waals surface area contributed by atoms with Crippen molar-refractivity contribution < 1.29 is 9.18 Å². The van der Waals surface area contributed by atoms with Crippen molar-refractivity contribution >= 4 is 50.5 Å². The van der Waals surface area contributed by atoms with Gasteiger partial charge in [-0.1, -0.05) is 29.8 Å². The first-order valence-corrected chi connectivity index (χ1v) is 12.9. The van der Waals surface area contributed by atoms with Crippen LogP contribution in [0.5, 0.6) is 0 Å². The SMILES string of the molecule is N#Cc1ccc2c(c1)c1c(n2C(=O)NCc2ccnc(Br)c2)CCN(CC=Cc2ccc(Cl)c(F)c2)C1. The van der Waals surface area contributed by atoms with Gasteiger partial charge in [0.2, 0.25) is 0 Å². The number of hydrogen-bond acceptors (Lipinski definition) is 4. The third kappa shape index (κ3) is 5.44. The van der Waals surface area contributed by atoms with E-state index in [0.29, 0.717) is 36.2 Å². The summed E-state index contributed by atoms with van der Waals surface area (Å²) in [6.07, 6.45) is 6.24. The summed E-state index contributed by atoms with van der Waals surface area (Å²) in [6.45, 7) is 2.43. The molecule has 1 aliphatic rings. The number of amides is 1. The summed E-state index contributed by atoms with van der Waals surface area (Å²) in [4.78, 5) is 19.8. The molecule has 2 aromatic carbocycles. The van der Waals surface area contributed by atoms with Crippen molar-refractivity contribution in [1.29, 1.82) is 5.26 Å². The summed E-state index contributed by atoms with van der Waals surface area (Å²) in [5, 5.41) is 13.5. The fraction of sp³-hybridized carbons (Fsp3) is 0.179. The second kappa shape index (κ2) is 10.9. The molecular formula is C28H22BrClFN5O. The van der Waals surface area contributed by atoms with Crippen molar-refractivity contribution in [3.05, 3.63) is 104 Å². The molecule has 0 unspecified atom stereocenters. The first kappa shape index (κ1) is 25.2. The van der Waals surface area contributed by atoms with Gasteiger partial charge < -0.3 is 5.32 Å². The number of nitrogens with one attached hydrogen (secondary N) is 1. The Kier molecular flexibility index (Phi) is 7.38. The van der Waals surface area contributed by atoms with Gasteiger partial charge in [-0.05, 0) is 75.1 Å². The number of fused-ring (bicyclic) bond motifs is 3. The van der Waals surface area contributed by atoms with Crippen LogP contribution in [0.15, 0.2) is 65.4 Å². The zero-order valence-corrected chi connectivity index (χ0v) is 22.1. The van der Waals surface area contributed by atoms with Gasteiger partial charge in [-0.3, -0.25) is 9.47 Å². The number of hydrogen-bond donors (Lipinski definition) is 1. The van der Waals surface area contributed by atoms with Crippen LogP contribution in [0.25, 0.3) is 17.0 Å². The van der Waals surface area contributed by atoms with Crippen LogP contribution >= 0.6 is 27.5 Å². The van der Waals surface area contributed by atoms with Crippen molar-refractivity contribution in [3.63, 3.8) is 0 Å². The lowest BCUT2D eigenvalue weighted by Gasteiger charge is -2.27. The fourth-order valence-electron chi connectivity index (χ4n) is 4.63. The van der Waals surface area contributed by atoms with Gasteiger partial charge >= 0.3 is 6.03 Å². The largest absolute Gasteiger partial charge is 0.333 e. The molecule has 1 aliphatic heterocycles. The van der Waals surface area contributed by atoms with E-state index in [1.807, 2.05) is 36.4 Å². The summed E-state index contributed by atoms with van der Waals surface area (Å²) >= 11 is 9.13. The highest BCUT2D eigenvalue weighted by atomic mass is 79.9. The first-order valence-electron chi connectivity index (χ1n) is 11.7. The lowest BCUT2D eigenvalue weighted by molar-refractivity contribution is 0.240. The van der Waals surface area contributed by atoms with E-state index in [9.17, 15) is 14.4 Å². The lowest BCUT2D eigenvalue weighted by atomic mass is 10.0. The molecule has 4 aromatic rings. The van der Waals surface area contributed by atoms with Crippen LogP contribution in [0, 0.1) is 17.1 Å². The second-order valence-corrected chi connectivity index (χ2v) is 10.0. The van der Waals surface area contributed by atoms with Gasteiger partial charge in [0, 0.05) is 49.9 Å². The van der Waals surface area contributed by atoms with Gasteiger partial charge in [0.05, 0.1) is 22.2 Å². The van der Waals surface area contributed by atoms with E-state index in [0.717, 1.165) is 39.8 Å². The van der Waals surface area contributed by atoms with E-state index in [-0.39, 0.29) is 11.1 Å². The summed E-state index contributed by atoms with van der Waals surface area (Å²) in [5.41, 5.74) is 5.02. The van der Waals surface area contributed by atoms with E-state index in [2.05, 4.69) is 37.2 Å². The monoisotopic (exact) mass is 577 g/mol. The minimum Gasteiger partial charge on any atom is -0.333 e. The van der Waals surface area contributed by atoms with Crippen LogP contribution in [-0.4, -0.2) is 33.6 Å². The summed E-state index contributed by atoms with van der Waals surface area (Å²) in [7, 11) is 0. The van der Waals surface area contributed by atoms with Crippen LogP contribution in [0.3, 0.4) is 0 Å². The maximum atomic E-state index is 13.7. The van der Waals surface area contributed by atoms with Crippen molar-refractivity contribution in [3.8, 4) is 6.07 Å². The molecule has 1 amide bonds. The normalized spacial score (nSPS) is 13.6. The van der Waals surface area contributed by atoms with Crippen LogP contribution in [0.1, 0.15) is 27.9 Å². The summed E-state index contributed by atoms with van der Waals surface area (Å²) in [6, 6.07) is 15.9. The number of carbonyl (C=O) groups excluding carboxylic acids is 1. The van der Waals surface area contributed by atoms with Crippen LogP contribution in [0.4, 0.5) is 9.18 Å². The minimum atomic E-state index is -0.442. The van der Waals surface area contributed by atoms with Crippen LogP contribution < -0.4 is 5.32 Å². The molecule has 9 heteroatoms. The molecule has 0 aliphatic carbocycles. The van der Waals surface area contributed by atoms with Gasteiger partial charge in [-0.25, -0.2) is 14.2 Å². The quantitative estimate of drug-likeness (QED) is 0.282. The number of rotatable bonds is 5. The topological polar surface area (TPSA) is 74.0 Å². The molecule has 2 aromatic heterocycles. The van der Waals surface area contributed by atoms with Crippen LogP contribution in [0.2, 0.25) is 5.02 Å². The number of nitriles is 1. The van der Waals surface area contributed by atoms with E-state index in [1.165, 1.54) is 6.07 Å². The molecule has 0 saturated carbocycles. The van der Waals surface area contributed by atoms with Gasteiger partial charge in [0.15, 0.2) is 0 Å². The maximum absolute atomic E-state index is 13.7. The molecule has 0 spiro atoms. The molecule has 3 heterocycles. The average Bonchev–Trinajstić information content (AvgIpc) is 3.22. The number of carbonyl (C=O) groups is 1. The van der Waals surface area contributed by atoms with E-state index in [1.54, 1.807) is 29.0 Å². The molecule has 5 rings (SSSR count). The highest BCUT2D eigenvalue weighted by molar-refractivity contribution is 9.10. The number of pyridine rings is 1. The highest BCUT2D eigenvalue weighted by Crippen LogP contribution is 2.32. The predicted octanol–water partition coefficient (Wildman–Crippen LogP) is 6.29. The van der Waals surface area contributed by atoms with Gasteiger partial charge in [-0.15, -0.1) is 0 Å². The third-order valence-corrected chi connectivity index (χ3v) is 7.15. The Morgan fingerprint density at radius 3 is 2.89 bits per heavy atom. The van der Waals surface area contributed by atoms with E-state index in [4.69, 9.17) is 11.6 Å². The number of nitrogens with zero attached hydrogens (tertiary/aromatic N) is 4. The zero-order valence-electron chi connectivity index (χ0n) is 19.7. The van der Waals surface area contributed by atoms with Crippen molar-refractivity contribution in [2.45, 2.75) is 19.5 Å². The van der Waals surface area contributed by atoms with Crippen molar-refractivity contribution in [2.24, 2.45) is 0 Å². The van der Waals surface area contributed by atoms with Gasteiger partial charge in [0.25, 0.3) is 0 Å². The number of benzene rings is 2. The summed E-state index contributed by atoms with van der Waals surface area (Å²) in [5.74, 6) is -0.442. The van der Waals surface area contributed by atoms with Crippen molar-refractivity contribution in [2.75, 3.05) is 13.1 Å².